The Kier molecular flexibility index (Phi) is 4.20. The number of carbonyl (C=O) groups is 1. The Morgan fingerprint density at radius 2 is 2.06 bits per heavy atom. The van der Waals surface area contributed by atoms with Gasteiger partial charge in [-0.15, -0.1) is 0 Å². The number of piperidine rings is 1. The van der Waals surface area contributed by atoms with Crippen LogP contribution in [0.3, 0.4) is 0 Å². The first-order chi connectivity index (χ1) is 8.63. The maximum Gasteiger partial charge on any atom is 0.303 e. The molecule has 0 aromatic heterocycles. The average molecular weight is 249 g/mol. The van der Waals surface area contributed by atoms with Crippen molar-refractivity contribution in [2.75, 3.05) is 13.1 Å². The molecule has 18 heavy (non-hydrogen) atoms. The lowest BCUT2D eigenvalue weighted by Crippen LogP contribution is -2.33. The van der Waals surface area contributed by atoms with Crippen molar-refractivity contribution in [2.24, 2.45) is 5.92 Å². The number of aliphatic carboxylic acids is 1. The van der Waals surface area contributed by atoms with Gasteiger partial charge in [-0.3, -0.25) is 9.69 Å². The average Bonchev–Trinajstić information content (AvgIpc) is 2.31. The smallest absolute Gasteiger partial charge is 0.303 e. The topological polar surface area (TPSA) is 60.8 Å². The fraction of sp³-hybridized carbons (Fsp3) is 0.500. The molecule has 0 unspecified atom stereocenters. The summed E-state index contributed by atoms with van der Waals surface area (Å²) in [6.07, 6.45) is 2.19. The molecular formula is C14H19NO3. The summed E-state index contributed by atoms with van der Waals surface area (Å²) < 4.78 is 0. The highest BCUT2D eigenvalue weighted by atomic mass is 16.4. The van der Waals surface area contributed by atoms with Gasteiger partial charge in [0.1, 0.15) is 5.75 Å². The summed E-state index contributed by atoms with van der Waals surface area (Å²) in [5.41, 5.74) is 1.10. The normalized spacial score (nSPS) is 17.8. The largest absolute Gasteiger partial charge is 0.508 e. The Balaban J connectivity index is 1.81. The molecule has 0 aliphatic carbocycles. The molecule has 1 fully saturated rings. The third-order valence-corrected chi connectivity index (χ3v) is 3.49. The lowest BCUT2D eigenvalue weighted by Gasteiger charge is -2.31. The lowest BCUT2D eigenvalue weighted by atomic mass is 9.93. The summed E-state index contributed by atoms with van der Waals surface area (Å²) in [5, 5.41) is 18.2. The quantitative estimate of drug-likeness (QED) is 0.857. The van der Waals surface area contributed by atoms with Crippen molar-refractivity contribution in [3.8, 4) is 5.75 Å². The highest BCUT2D eigenvalue weighted by molar-refractivity contribution is 5.67. The first-order valence-corrected chi connectivity index (χ1v) is 6.35. The second-order valence-corrected chi connectivity index (χ2v) is 4.99. The molecule has 1 aliphatic heterocycles. The highest BCUT2D eigenvalue weighted by Gasteiger charge is 2.21. The molecule has 2 rings (SSSR count). The van der Waals surface area contributed by atoms with Crippen molar-refractivity contribution in [1.82, 2.24) is 4.90 Å². The molecule has 1 aromatic rings. The summed E-state index contributed by atoms with van der Waals surface area (Å²) in [7, 11) is 0. The zero-order valence-electron chi connectivity index (χ0n) is 10.4. The summed E-state index contributed by atoms with van der Waals surface area (Å²) >= 11 is 0. The fourth-order valence-electron chi connectivity index (χ4n) is 2.51. The SMILES string of the molecule is O=C(O)CC1CCN(Cc2cccc(O)c2)CC1. The van der Waals surface area contributed by atoms with Crippen LogP contribution in [0.1, 0.15) is 24.8 Å². The number of aromatic hydroxyl groups is 1. The summed E-state index contributed by atoms with van der Waals surface area (Å²) in [4.78, 5) is 12.9. The van der Waals surface area contributed by atoms with Gasteiger partial charge in [0.25, 0.3) is 0 Å². The van der Waals surface area contributed by atoms with Crippen LogP contribution in [0.2, 0.25) is 0 Å². The van der Waals surface area contributed by atoms with Crippen molar-refractivity contribution in [3.63, 3.8) is 0 Å². The first-order valence-electron chi connectivity index (χ1n) is 6.35. The minimum atomic E-state index is -0.693. The van der Waals surface area contributed by atoms with E-state index in [2.05, 4.69) is 4.90 Å². The Morgan fingerprint density at radius 3 is 2.67 bits per heavy atom. The molecule has 0 bridgehead atoms. The second kappa shape index (κ2) is 5.87. The number of carboxylic acids is 1. The predicted molar refractivity (Wildman–Crippen MR) is 68.4 cm³/mol. The van der Waals surface area contributed by atoms with Crippen molar-refractivity contribution >= 4 is 5.97 Å². The molecule has 0 spiro atoms. The number of rotatable bonds is 4. The third kappa shape index (κ3) is 3.74. The van der Waals surface area contributed by atoms with Crippen LogP contribution >= 0.6 is 0 Å². The lowest BCUT2D eigenvalue weighted by molar-refractivity contribution is -0.138. The van der Waals surface area contributed by atoms with Gasteiger partial charge < -0.3 is 10.2 Å². The van der Waals surface area contributed by atoms with E-state index in [-0.39, 0.29) is 0 Å². The van der Waals surface area contributed by atoms with Crippen LogP contribution in [-0.2, 0) is 11.3 Å². The van der Waals surface area contributed by atoms with Crippen molar-refractivity contribution in [3.05, 3.63) is 29.8 Å². The number of hydrogen-bond donors (Lipinski definition) is 2. The zero-order chi connectivity index (χ0) is 13.0. The third-order valence-electron chi connectivity index (χ3n) is 3.49. The van der Waals surface area contributed by atoms with E-state index in [4.69, 9.17) is 5.11 Å². The summed E-state index contributed by atoms with van der Waals surface area (Å²) in [6, 6.07) is 7.30. The van der Waals surface area contributed by atoms with E-state index in [1.165, 1.54) is 0 Å². The Hall–Kier alpha value is -1.55. The molecule has 0 saturated carbocycles. The van der Waals surface area contributed by atoms with E-state index in [0.29, 0.717) is 18.1 Å². The minimum Gasteiger partial charge on any atom is -0.508 e. The zero-order valence-corrected chi connectivity index (χ0v) is 10.4. The number of carboxylic acid groups (broad SMARTS) is 1. The maximum absolute atomic E-state index is 10.6. The maximum atomic E-state index is 10.6. The molecule has 1 aromatic carbocycles. The summed E-state index contributed by atoms with van der Waals surface area (Å²) in [5.74, 6) is -0.0716. The number of phenolic OH excluding ortho intramolecular Hbond substituents is 1. The molecule has 2 N–H and O–H groups in total. The van der Waals surface area contributed by atoms with Crippen molar-refractivity contribution in [1.29, 1.82) is 0 Å². The van der Waals surface area contributed by atoms with Crippen LogP contribution in [0.4, 0.5) is 0 Å². The molecule has 98 valence electrons. The van der Waals surface area contributed by atoms with E-state index in [1.807, 2.05) is 12.1 Å². The molecular weight excluding hydrogens is 230 g/mol. The monoisotopic (exact) mass is 249 g/mol. The van der Waals surface area contributed by atoms with Crippen molar-refractivity contribution < 1.29 is 15.0 Å². The van der Waals surface area contributed by atoms with Crippen LogP contribution < -0.4 is 0 Å². The van der Waals surface area contributed by atoms with Gasteiger partial charge in [-0.25, -0.2) is 0 Å². The number of hydrogen-bond acceptors (Lipinski definition) is 3. The van der Waals surface area contributed by atoms with Gasteiger partial charge in [-0.1, -0.05) is 12.1 Å². The number of likely N-dealkylation sites (tertiary alicyclic amines) is 1. The standard InChI is InChI=1S/C14H19NO3/c16-13-3-1-2-12(8-13)10-15-6-4-11(5-7-15)9-14(17)18/h1-3,8,11,16H,4-7,9-10H2,(H,17,18). The van der Waals surface area contributed by atoms with Crippen LogP contribution in [0.25, 0.3) is 0 Å². The van der Waals surface area contributed by atoms with Crippen LogP contribution in [-0.4, -0.2) is 34.2 Å². The Labute approximate surface area is 107 Å². The molecule has 0 amide bonds. The van der Waals surface area contributed by atoms with E-state index in [0.717, 1.165) is 38.0 Å². The van der Waals surface area contributed by atoms with Gasteiger partial charge in [0.15, 0.2) is 0 Å². The minimum absolute atomic E-state index is 0.292. The van der Waals surface area contributed by atoms with Crippen LogP contribution in [0, 0.1) is 5.92 Å². The second-order valence-electron chi connectivity index (χ2n) is 4.99. The van der Waals surface area contributed by atoms with Gasteiger partial charge in [0, 0.05) is 13.0 Å². The van der Waals surface area contributed by atoms with Gasteiger partial charge in [0.05, 0.1) is 0 Å². The Morgan fingerprint density at radius 1 is 1.33 bits per heavy atom. The Bertz CT molecular complexity index is 411. The molecule has 0 radical (unpaired) electrons. The molecule has 0 atom stereocenters. The predicted octanol–water partition coefficient (Wildman–Crippen LogP) is 2.08. The number of benzene rings is 1. The molecule has 1 saturated heterocycles. The van der Waals surface area contributed by atoms with E-state index >= 15 is 0 Å². The van der Waals surface area contributed by atoms with E-state index in [1.54, 1.807) is 12.1 Å². The highest BCUT2D eigenvalue weighted by Crippen LogP contribution is 2.22. The van der Waals surface area contributed by atoms with Gasteiger partial charge in [0.2, 0.25) is 0 Å². The fourth-order valence-corrected chi connectivity index (χ4v) is 2.51. The van der Waals surface area contributed by atoms with Gasteiger partial charge >= 0.3 is 5.97 Å². The first kappa shape index (κ1) is 12.9. The molecule has 1 aliphatic rings. The summed E-state index contributed by atoms with van der Waals surface area (Å²) in [6.45, 7) is 2.70. The van der Waals surface area contributed by atoms with Gasteiger partial charge in [-0.05, 0) is 49.5 Å². The van der Waals surface area contributed by atoms with Crippen molar-refractivity contribution in [2.45, 2.75) is 25.8 Å². The number of phenols is 1. The van der Waals surface area contributed by atoms with Crippen LogP contribution in [0.5, 0.6) is 5.75 Å². The molecule has 1 heterocycles. The van der Waals surface area contributed by atoms with Gasteiger partial charge in [-0.2, -0.15) is 0 Å². The van der Waals surface area contributed by atoms with Crippen LogP contribution in [0.15, 0.2) is 24.3 Å². The van der Waals surface area contributed by atoms with E-state index in [9.17, 15) is 9.90 Å². The number of nitrogens with zero attached hydrogens (tertiary/aromatic N) is 1. The molecule has 4 nitrogen and oxygen atoms in total. The van der Waals surface area contributed by atoms with E-state index < -0.39 is 5.97 Å². The molecule has 4 heteroatoms.